The van der Waals surface area contributed by atoms with Crippen LogP contribution in [0.5, 0.6) is 5.75 Å². The molecule has 1 unspecified atom stereocenters. The van der Waals surface area contributed by atoms with E-state index < -0.39 is 6.10 Å². The van der Waals surface area contributed by atoms with Crippen molar-refractivity contribution in [3.63, 3.8) is 0 Å². The summed E-state index contributed by atoms with van der Waals surface area (Å²) < 4.78 is 5.86. The van der Waals surface area contributed by atoms with E-state index in [1.54, 1.807) is 0 Å². The molecule has 0 aliphatic carbocycles. The van der Waals surface area contributed by atoms with Crippen molar-refractivity contribution < 1.29 is 9.84 Å². The number of H-pyrrole nitrogens is 1. The first-order chi connectivity index (χ1) is 15.5. The molecular weight excluding hydrogens is 402 g/mol. The van der Waals surface area contributed by atoms with Crippen molar-refractivity contribution >= 4 is 0 Å². The summed E-state index contributed by atoms with van der Waals surface area (Å²) in [7, 11) is 2.09. The van der Waals surface area contributed by atoms with E-state index in [2.05, 4.69) is 44.3 Å². The normalized spacial score (nSPS) is 20.0. The summed E-state index contributed by atoms with van der Waals surface area (Å²) in [6.07, 6.45) is 6.54. The Bertz CT molecular complexity index is 821. The number of aryl methyl sites for hydroxylation is 1. The van der Waals surface area contributed by atoms with Crippen molar-refractivity contribution in [3.8, 4) is 5.75 Å². The van der Waals surface area contributed by atoms with Crippen LogP contribution in [0.3, 0.4) is 0 Å². The molecule has 1 aromatic heterocycles. The standard InChI is InChI=1S/C25H39N5O2/c1-20-15-27-24(28-20)18-29(2)16-21-3-5-23(6-4-21)32-19-22(31)17-30-13-9-25(10-14-30)7-11-26-12-8-25/h3-6,15,22,26,31H,7-14,16-19H2,1-2H3,(H,27,28). The largest absolute Gasteiger partial charge is 0.491 e. The lowest BCUT2D eigenvalue weighted by molar-refractivity contribution is 0.0263. The number of nitrogens with one attached hydrogen (secondary N) is 2. The Hall–Kier alpha value is -1.93. The van der Waals surface area contributed by atoms with Crippen LogP contribution < -0.4 is 10.1 Å². The van der Waals surface area contributed by atoms with Crippen molar-refractivity contribution in [1.82, 2.24) is 25.1 Å². The van der Waals surface area contributed by atoms with Gasteiger partial charge in [0.15, 0.2) is 0 Å². The summed E-state index contributed by atoms with van der Waals surface area (Å²) in [5.74, 6) is 1.79. The molecule has 7 nitrogen and oxygen atoms in total. The SMILES string of the molecule is Cc1cnc(CN(C)Cc2ccc(OCC(O)CN3CCC4(CCNCC4)CC3)cc2)[nH]1. The van der Waals surface area contributed by atoms with Crippen molar-refractivity contribution in [2.24, 2.45) is 5.41 Å². The molecule has 0 bridgehead atoms. The lowest BCUT2D eigenvalue weighted by Crippen LogP contribution is -2.47. The first-order valence-corrected chi connectivity index (χ1v) is 12.0. The maximum Gasteiger partial charge on any atom is 0.120 e. The van der Waals surface area contributed by atoms with Gasteiger partial charge in [-0.15, -0.1) is 0 Å². The minimum atomic E-state index is -0.459. The third-order valence-corrected chi connectivity index (χ3v) is 7.04. The molecule has 1 aromatic carbocycles. The number of hydrogen-bond donors (Lipinski definition) is 3. The number of piperidine rings is 2. The maximum atomic E-state index is 10.5. The fourth-order valence-corrected chi connectivity index (χ4v) is 5.07. The number of ether oxygens (including phenoxy) is 1. The third kappa shape index (κ3) is 6.54. The molecule has 2 aromatic rings. The molecule has 7 heteroatoms. The van der Waals surface area contributed by atoms with E-state index in [0.717, 1.165) is 56.5 Å². The van der Waals surface area contributed by atoms with Crippen molar-refractivity contribution in [2.75, 3.05) is 46.4 Å². The predicted molar refractivity (Wildman–Crippen MR) is 127 cm³/mol. The number of aromatic nitrogens is 2. The van der Waals surface area contributed by atoms with Gasteiger partial charge in [0.05, 0.1) is 6.54 Å². The molecule has 1 atom stereocenters. The van der Waals surface area contributed by atoms with Crippen molar-refractivity contribution in [2.45, 2.75) is 51.8 Å². The summed E-state index contributed by atoms with van der Waals surface area (Å²) >= 11 is 0. The van der Waals surface area contributed by atoms with Crippen LogP contribution in [0.15, 0.2) is 30.5 Å². The number of rotatable bonds is 9. The number of nitrogens with zero attached hydrogens (tertiary/aromatic N) is 3. The highest BCUT2D eigenvalue weighted by Gasteiger charge is 2.35. The van der Waals surface area contributed by atoms with Gasteiger partial charge < -0.3 is 25.0 Å². The van der Waals surface area contributed by atoms with Crippen LogP contribution in [-0.2, 0) is 13.1 Å². The number of hydrogen-bond acceptors (Lipinski definition) is 6. The number of aliphatic hydroxyl groups excluding tert-OH is 1. The Labute approximate surface area is 192 Å². The number of aliphatic hydroxyl groups is 1. The van der Waals surface area contributed by atoms with Gasteiger partial charge in [0.1, 0.15) is 24.3 Å². The lowest BCUT2D eigenvalue weighted by Gasteiger charge is -2.44. The second-order valence-corrected chi connectivity index (χ2v) is 9.84. The highest BCUT2D eigenvalue weighted by atomic mass is 16.5. The highest BCUT2D eigenvalue weighted by Crippen LogP contribution is 2.39. The highest BCUT2D eigenvalue weighted by molar-refractivity contribution is 5.27. The smallest absolute Gasteiger partial charge is 0.120 e. The monoisotopic (exact) mass is 441 g/mol. The quantitative estimate of drug-likeness (QED) is 0.555. The van der Waals surface area contributed by atoms with E-state index in [1.807, 2.05) is 25.3 Å². The molecule has 4 rings (SSSR count). The Kier molecular flexibility index (Phi) is 7.84. The summed E-state index contributed by atoms with van der Waals surface area (Å²) in [6, 6.07) is 8.17. The van der Waals surface area contributed by atoms with Gasteiger partial charge in [-0.1, -0.05) is 12.1 Å². The zero-order valence-corrected chi connectivity index (χ0v) is 19.6. The summed E-state index contributed by atoms with van der Waals surface area (Å²) in [5.41, 5.74) is 2.86. The number of imidazole rings is 1. The average Bonchev–Trinajstić information content (AvgIpc) is 3.20. The van der Waals surface area contributed by atoms with Gasteiger partial charge in [-0.2, -0.15) is 0 Å². The zero-order valence-electron chi connectivity index (χ0n) is 19.6. The van der Waals surface area contributed by atoms with E-state index in [1.165, 1.54) is 31.2 Å². The number of β-amino-alcohol motifs (C(OH)–C–C–N with tert-alkyl or cyclic N) is 1. The van der Waals surface area contributed by atoms with E-state index in [4.69, 9.17) is 4.74 Å². The second kappa shape index (κ2) is 10.8. The first kappa shape index (κ1) is 23.2. The molecule has 0 radical (unpaired) electrons. The molecule has 0 amide bonds. The van der Waals surface area contributed by atoms with E-state index >= 15 is 0 Å². The van der Waals surface area contributed by atoms with Gasteiger partial charge >= 0.3 is 0 Å². The van der Waals surface area contributed by atoms with Crippen LogP contribution >= 0.6 is 0 Å². The van der Waals surface area contributed by atoms with Gasteiger partial charge in [0.25, 0.3) is 0 Å². The molecule has 1 spiro atoms. The van der Waals surface area contributed by atoms with Gasteiger partial charge in [-0.05, 0) is 88.9 Å². The maximum absolute atomic E-state index is 10.5. The Morgan fingerprint density at radius 1 is 1.12 bits per heavy atom. The van der Waals surface area contributed by atoms with Gasteiger partial charge in [0, 0.05) is 25.0 Å². The minimum absolute atomic E-state index is 0.336. The first-order valence-electron chi connectivity index (χ1n) is 12.0. The molecule has 2 saturated heterocycles. The third-order valence-electron chi connectivity index (χ3n) is 7.04. The van der Waals surface area contributed by atoms with Crippen LogP contribution in [0.2, 0.25) is 0 Å². The number of benzene rings is 1. The van der Waals surface area contributed by atoms with Crippen LogP contribution in [0.25, 0.3) is 0 Å². The summed E-state index contributed by atoms with van der Waals surface area (Å²) in [5, 5.41) is 14.0. The van der Waals surface area contributed by atoms with Crippen molar-refractivity contribution in [3.05, 3.63) is 47.5 Å². The lowest BCUT2D eigenvalue weighted by atomic mass is 9.71. The molecule has 0 saturated carbocycles. The fraction of sp³-hybridized carbons (Fsp3) is 0.640. The zero-order chi connectivity index (χ0) is 22.4. The fourth-order valence-electron chi connectivity index (χ4n) is 5.07. The summed E-state index contributed by atoms with van der Waals surface area (Å²) in [4.78, 5) is 12.3. The molecule has 2 aliphatic rings. The topological polar surface area (TPSA) is 76.7 Å². The average molecular weight is 442 g/mol. The van der Waals surface area contributed by atoms with Crippen LogP contribution in [0, 0.1) is 12.3 Å². The molecule has 176 valence electrons. The van der Waals surface area contributed by atoms with Gasteiger partial charge in [-0.25, -0.2) is 4.98 Å². The Morgan fingerprint density at radius 2 is 1.84 bits per heavy atom. The minimum Gasteiger partial charge on any atom is -0.491 e. The molecule has 2 fully saturated rings. The molecule has 2 aliphatic heterocycles. The molecule has 32 heavy (non-hydrogen) atoms. The van der Waals surface area contributed by atoms with Crippen molar-refractivity contribution in [1.29, 1.82) is 0 Å². The Morgan fingerprint density at radius 3 is 2.50 bits per heavy atom. The molecule has 3 heterocycles. The number of likely N-dealkylation sites (tertiary alicyclic amines) is 1. The predicted octanol–water partition coefficient (Wildman–Crippen LogP) is 2.56. The van der Waals surface area contributed by atoms with E-state index in [0.29, 0.717) is 18.6 Å². The van der Waals surface area contributed by atoms with Gasteiger partial charge in [0.2, 0.25) is 0 Å². The van der Waals surface area contributed by atoms with Crippen LogP contribution in [0.4, 0.5) is 0 Å². The number of aromatic amines is 1. The van der Waals surface area contributed by atoms with Gasteiger partial charge in [-0.3, -0.25) is 4.90 Å². The van der Waals surface area contributed by atoms with E-state index in [-0.39, 0.29) is 0 Å². The Balaban J connectivity index is 1.15. The molecular formula is C25H39N5O2. The van der Waals surface area contributed by atoms with Crippen LogP contribution in [0.1, 0.15) is 42.8 Å². The van der Waals surface area contributed by atoms with Crippen LogP contribution in [-0.4, -0.2) is 77.4 Å². The molecule has 3 N–H and O–H groups in total. The summed E-state index contributed by atoms with van der Waals surface area (Å²) in [6.45, 7) is 9.19. The second-order valence-electron chi connectivity index (χ2n) is 9.84. The van der Waals surface area contributed by atoms with E-state index in [9.17, 15) is 5.11 Å².